The third kappa shape index (κ3) is 4.11. The van der Waals surface area contributed by atoms with Crippen LogP contribution in [0.4, 0.5) is 5.69 Å². The number of carboxylic acids is 1. The number of rotatable bonds is 8. The summed E-state index contributed by atoms with van der Waals surface area (Å²) in [6.07, 6.45) is -0.547. The summed E-state index contributed by atoms with van der Waals surface area (Å²) in [6.45, 7) is 1.84. The van der Waals surface area contributed by atoms with E-state index in [4.69, 9.17) is 5.73 Å². The van der Waals surface area contributed by atoms with Crippen molar-refractivity contribution in [2.24, 2.45) is 17.6 Å². The number of nitrogens with zero attached hydrogens (tertiary/aromatic N) is 2. The molecule has 1 fully saturated rings. The lowest BCUT2D eigenvalue weighted by Gasteiger charge is -2.47. The van der Waals surface area contributed by atoms with E-state index in [1.54, 1.807) is 12.1 Å². The Bertz CT molecular complexity index is 845. The number of thioether (sulfide) groups is 1. The molecule has 9 nitrogen and oxygen atoms in total. The second kappa shape index (κ2) is 9.12. The number of hydrogen-bond donors (Lipinski definition) is 2. The maximum atomic E-state index is 12.5. The fourth-order valence-corrected chi connectivity index (χ4v) is 5.02. The van der Waals surface area contributed by atoms with Gasteiger partial charge in [-0.1, -0.05) is 12.1 Å². The van der Waals surface area contributed by atoms with Gasteiger partial charge in [-0.3, -0.25) is 14.9 Å². The molecule has 11 heteroatoms. The number of aliphatic carboxylic acids is 1. The van der Waals surface area contributed by atoms with Crippen LogP contribution in [0.15, 0.2) is 34.9 Å². The first kappa shape index (κ1) is 23.1. The van der Waals surface area contributed by atoms with Crippen molar-refractivity contribution < 1.29 is 24.7 Å². The molecule has 3 rings (SSSR count). The van der Waals surface area contributed by atoms with E-state index in [0.29, 0.717) is 23.6 Å². The van der Waals surface area contributed by atoms with Crippen LogP contribution >= 0.6 is 24.2 Å². The van der Waals surface area contributed by atoms with E-state index in [1.165, 1.54) is 35.7 Å². The number of carbonyl (C=O) groups is 2. The van der Waals surface area contributed by atoms with Gasteiger partial charge in [0.15, 0.2) is 0 Å². The molecule has 1 aromatic rings. The first-order valence-corrected chi connectivity index (χ1v) is 9.79. The number of carboxylic acid groups (broad SMARTS) is 1. The number of benzene rings is 1. The zero-order chi connectivity index (χ0) is 20.6. The Balaban J connectivity index is 0.00000300. The summed E-state index contributed by atoms with van der Waals surface area (Å²) in [6, 6.07) is 5.51. The molecule has 0 bridgehead atoms. The number of carbonyl (C=O) groups excluding carboxylic acids is 2. The summed E-state index contributed by atoms with van der Waals surface area (Å²) in [5, 5.41) is 32.6. The van der Waals surface area contributed by atoms with Crippen molar-refractivity contribution >= 4 is 41.7 Å². The number of nitro benzene ring substituents is 1. The predicted molar refractivity (Wildman–Crippen MR) is 107 cm³/mol. The fourth-order valence-electron chi connectivity index (χ4n) is 3.93. The number of hydrogen-bond acceptors (Lipinski definition) is 8. The number of non-ortho nitro benzene ring substituents is 1. The van der Waals surface area contributed by atoms with Gasteiger partial charge in [-0.25, -0.2) is 0 Å². The van der Waals surface area contributed by atoms with Crippen LogP contribution in [-0.2, 0) is 16.0 Å². The molecule has 0 spiro atoms. The standard InChI is InChI=1S/C18H21N3O6S.ClH/c1-9(22)13-14-12(8-10-2-4-11(5-3-10)21(26)27)16(28-7-6-19)15(18(24)25)20(14)17(13)23;/h2-5,9,12-14,22H,6-8,19H2,1H3,(H,24,25);1H/p-1/t9-,12?,13-,14+;/m1./s1. The molecule has 3 N–H and O–H groups in total. The number of amides is 1. The Labute approximate surface area is 177 Å². The molecular formula is C18H21ClN3O6S-. The Hall–Kier alpha value is -2.14. The highest BCUT2D eigenvalue weighted by Crippen LogP contribution is 2.51. The Kier molecular flexibility index (Phi) is 7.28. The van der Waals surface area contributed by atoms with Crippen LogP contribution in [0, 0.1) is 22.0 Å². The second-order valence-corrected chi connectivity index (χ2v) is 7.97. The number of nitrogens with two attached hydrogens (primary N) is 1. The first-order valence-electron chi connectivity index (χ1n) is 8.80. The van der Waals surface area contributed by atoms with Crippen molar-refractivity contribution in [3.63, 3.8) is 0 Å². The van der Waals surface area contributed by atoms with E-state index >= 15 is 0 Å². The topological polar surface area (TPSA) is 150 Å². The highest BCUT2D eigenvalue weighted by atomic mass is 35.5. The molecule has 1 amide bonds. The van der Waals surface area contributed by atoms with Gasteiger partial charge in [-0.05, 0) is 18.9 Å². The number of β-lactam (4-membered cyclic amide) rings is 1. The summed E-state index contributed by atoms with van der Waals surface area (Å²) >= 11 is 1.27. The molecule has 2 heterocycles. The molecule has 2 aliphatic heterocycles. The minimum atomic E-state index is -1.44. The quantitative estimate of drug-likeness (QED) is 0.325. The van der Waals surface area contributed by atoms with Gasteiger partial charge in [0.2, 0.25) is 5.91 Å². The van der Waals surface area contributed by atoms with Gasteiger partial charge in [0.1, 0.15) is 0 Å². The summed E-state index contributed by atoms with van der Waals surface area (Å²) in [7, 11) is 0. The molecule has 0 aromatic heterocycles. The average molecular weight is 443 g/mol. The molecular weight excluding hydrogens is 422 g/mol. The number of halogens is 1. The van der Waals surface area contributed by atoms with Crippen LogP contribution < -0.4 is 10.8 Å². The maximum Gasteiger partial charge on any atom is 0.269 e. The zero-order valence-corrected chi connectivity index (χ0v) is 17.1. The van der Waals surface area contributed by atoms with Gasteiger partial charge < -0.3 is 25.6 Å². The summed E-state index contributed by atoms with van der Waals surface area (Å²) < 4.78 is 0. The summed E-state index contributed by atoms with van der Waals surface area (Å²) in [4.78, 5) is 36.3. The van der Waals surface area contributed by atoms with Crippen LogP contribution in [0.25, 0.3) is 0 Å². The molecule has 29 heavy (non-hydrogen) atoms. The highest BCUT2D eigenvalue weighted by molar-refractivity contribution is 8.03. The van der Waals surface area contributed by atoms with E-state index < -0.39 is 34.9 Å². The first-order chi connectivity index (χ1) is 13.3. The fraction of sp³-hybridized carbons (Fsp3) is 0.444. The average Bonchev–Trinajstić information content (AvgIpc) is 2.90. The smallest absolute Gasteiger partial charge is 0.269 e. The van der Waals surface area contributed by atoms with Crippen LogP contribution in [0.3, 0.4) is 0 Å². The monoisotopic (exact) mass is 442 g/mol. The molecule has 1 saturated heterocycles. The van der Waals surface area contributed by atoms with E-state index in [1.807, 2.05) is 0 Å². The molecule has 1 unspecified atom stereocenters. The van der Waals surface area contributed by atoms with E-state index in [0.717, 1.165) is 5.56 Å². The Morgan fingerprint density at radius 3 is 2.48 bits per heavy atom. The molecule has 0 saturated carbocycles. The minimum absolute atomic E-state index is 0. The van der Waals surface area contributed by atoms with Crippen molar-refractivity contribution in [2.45, 2.75) is 25.5 Å². The van der Waals surface area contributed by atoms with Crippen molar-refractivity contribution in [3.05, 3.63) is 50.5 Å². The van der Waals surface area contributed by atoms with E-state index in [-0.39, 0.29) is 29.7 Å². The van der Waals surface area contributed by atoms with Gasteiger partial charge in [0.25, 0.3) is 5.69 Å². The van der Waals surface area contributed by atoms with Crippen LogP contribution in [0.2, 0.25) is 0 Å². The van der Waals surface area contributed by atoms with Crippen molar-refractivity contribution in [2.75, 3.05) is 12.3 Å². The molecule has 1 aromatic carbocycles. The molecule has 2 aliphatic rings. The maximum absolute atomic E-state index is 12.5. The van der Waals surface area contributed by atoms with Crippen LogP contribution in [0.5, 0.6) is 0 Å². The number of fused-ring (bicyclic) bond motifs is 1. The van der Waals surface area contributed by atoms with Crippen LogP contribution in [-0.4, -0.2) is 51.2 Å². The van der Waals surface area contributed by atoms with Gasteiger partial charge in [-0.15, -0.1) is 24.2 Å². The minimum Gasteiger partial charge on any atom is -0.543 e. The van der Waals surface area contributed by atoms with Crippen LogP contribution in [0.1, 0.15) is 12.5 Å². The molecule has 0 radical (unpaired) electrons. The lowest BCUT2D eigenvalue weighted by atomic mass is 9.76. The highest BCUT2D eigenvalue weighted by Gasteiger charge is 2.59. The van der Waals surface area contributed by atoms with Gasteiger partial charge in [-0.2, -0.15) is 0 Å². The molecule has 158 valence electrons. The van der Waals surface area contributed by atoms with Gasteiger partial charge in [0, 0.05) is 35.3 Å². The molecule has 4 atom stereocenters. The van der Waals surface area contributed by atoms with Gasteiger partial charge >= 0.3 is 0 Å². The van der Waals surface area contributed by atoms with E-state index in [2.05, 4.69) is 0 Å². The Morgan fingerprint density at radius 1 is 1.38 bits per heavy atom. The lowest BCUT2D eigenvalue weighted by molar-refractivity contribution is -0.384. The predicted octanol–water partition coefficient (Wildman–Crippen LogP) is 0.0501. The number of nitro groups is 1. The number of aliphatic hydroxyl groups is 1. The van der Waals surface area contributed by atoms with Crippen molar-refractivity contribution in [3.8, 4) is 0 Å². The zero-order valence-electron chi connectivity index (χ0n) is 15.5. The van der Waals surface area contributed by atoms with Crippen molar-refractivity contribution in [1.82, 2.24) is 4.90 Å². The van der Waals surface area contributed by atoms with Gasteiger partial charge in [0.05, 0.1) is 34.7 Å². The third-order valence-electron chi connectivity index (χ3n) is 5.10. The summed E-state index contributed by atoms with van der Waals surface area (Å²) in [5.41, 5.74) is 6.14. The normalized spacial score (nSPS) is 23.9. The Morgan fingerprint density at radius 2 is 2.00 bits per heavy atom. The lowest BCUT2D eigenvalue weighted by Crippen LogP contribution is -2.64. The molecule has 0 aliphatic carbocycles. The SMILES string of the molecule is C[C@@H](O)[C@H]1C(=O)N2C(C(=O)[O-])=C(SCCN)C(Cc3ccc([N+](=O)[O-])cc3)[C@@H]12.Cl. The largest absolute Gasteiger partial charge is 0.543 e. The summed E-state index contributed by atoms with van der Waals surface area (Å²) in [5.74, 6) is -2.46. The van der Waals surface area contributed by atoms with Crippen molar-refractivity contribution in [1.29, 1.82) is 0 Å². The number of aliphatic hydroxyl groups excluding tert-OH is 1. The third-order valence-corrected chi connectivity index (χ3v) is 6.35. The van der Waals surface area contributed by atoms with E-state index in [9.17, 15) is 29.9 Å². The second-order valence-electron chi connectivity index (χ2n) is 6.84.